The summed E-state index contributed by atoms with van der Waals surface area (Å²) in [6.45, 7) is 2.29. The third-order valence-corrected chi connectivity index (χ3v) is 4.96. The lowest BCUT2D eigenvalue weighted by Crippen LogP contribution is -2.40. The van der Waals surface area contributed by atoms with Crippen LogP contribution in [0.2, 0.25) is 0 Å². The van der Waals surface area contributed by atoms with E-state index >= 15 is 0 Å². The van der Waals surface area contributed by atoms with Crippen LogP contribution in [0.1, 0.15) is 35.7 Å². The molecule has 3 N–H and O–H groups in total. The van der Waals surface area contributed by atoms with Gasteiger partial charge in [-0.15, -0.1) is 0 Å². The summed E-state index contributed by atoms with van der Waals surface area (Å²) in [6.07, 6.45) is 1.37. The Labute approximate surface area is 128 Å². The lowest BCUT2D eigenvalue weighted by atomic mass is 10.0. The van der Waals surface area contributed by atoms with Crippen LogP contribution < -0.4 is 10.0 Å². The topological polar surface area (TPSA) is 113 Å². The molecule has 1 aliphatic rings. The molecule has 0 bridgehead atoms. The molecule has 1 aromatic rings. The molecule has 0 radical (unpaired) electrons. The minimum Gasteiger partial charge on any atom is -0.480 e. The molecule has 22 heavy (non-hydrogen) atoms. The summed E-state index contributed by atoms with van der Waals surface area (Å²) in [5, 5.41) is 11.7. The lowest BCUT2D eigenvalue weighted by Gasteiger charge is -2.18. The van der Waals surface area contributed by atoms with Gasteiger partial charge in [0.2, 0.25) is 10.0 Å². The number of carboxylic acids is 1. The molecular formula is C14H18N2O5S. The maximum atomic E-state index is 12.3. The number of carbonyl (C=O) groups excluding carboxylic acids is 1. The largest absolute Gasteiger partial charge is 0.480 e. The van der Waals surface area contributed by atoms with Crippen molar-refractivity contribution in [2.45, 2.75) is 37.1 Å². The summed E-state index contributed by atoms with van der Waals surface area (Å²) in [6, 6.07) is 3.10. The summed E-state index contributed by atoms with van der Waals surface area (Å²) < 4.78 is 26.8. The number of fused-ring (bicyclic) bond motifs is 1. The second-order valence-electron chi connectivity index (χ2n) is 5.13. The van der Waals surface area contributed by atoms with Gasteiger partial charge in [0, 0.05) is 12.1 Å². The normalized spacial score (nSPS) is 15.8. The zero-order valence-corrected chi connectivity index (χ0v) is 12.9. The van der Waals surface area contributed by atoms with Gasteiger partial charge in [-0.05, 0) is 30.5 Å². The molecule has 1 unspecified atom stereocenters. The van der Waals surface area contributed by atoms with Gasteiger partial charge in [0.15, 0.2) is 0 Å². The molecule has 0 spiro atoms. The van der Waals surface area contributed by atoms with Crippen LogP contribution in [0.15, 0.2) is 23.1 Å². The number of hydrogen-bond donors (Lipinski definition) is 3. The summed E-state index contributed by atoms with van der Waals surface area (Å²) in [7, 11) is -3.99. The van der Waals surface area contributed by atoms with Gasteiger partial charge < -0.3 is 10.4 Å². The Morgan fingerprint density at radius 2 is 2.18 bits per heavy atom. The average molecular weight is 326 g/mol. The van der Waals surface area contributed by atoms with Gasteiger partial charge in [0.1, 0.15) is 6.04 Å². The summed E-state index contributed by atoms with van der Waals surface area (Å²) >= 11 is 0. The fraction of sp³-hybridized carbons (Fsp3) is 0.429. The number of sulfonamides is 1. The predicted molar refractivity (Wildman–Crippen MR) is 79.1 cm³/mol. The fourth-order valence-electron chi connectivity index (χ4n) is 2.33. The molecule has 2 rings (SSSR count). The first-order valence-electron chi connectivity index (χ1n) is 7.01. The molecule has 1 atom stereocenters. The zero-order valence-electron chi connectivity index (χ0n) is 12.1. The quantitative estimate of drug-likeness (QED) is 0.705. The Balaban J connectivity index is 2.31. The van der Waals surface area contributed by atoms with Crippen LogP contribution in [-0.4, -0.2) is 38.0 Å². The Morgan fingerprint density at radius 3 is 2.82 bits per heavy atom. The van der Waals surface area contributed by atoms with Crippen molar-refractivity contribution in [1.29, 1.82) is 0 Å². The molecule has 8 heteroatoms. The Bertz CT molecular complexity index is 699. The van der Waals surface area contributed by atoms with Crippen molar-refractivity contribution >= 4 is 21.9 Å². The van der Waals surface area contributed by atoms with Gasteiger partial charge in [-0.3, -0.25) is 9.59 Å². The van der Waals surface area contributed by atoms with Crippen molar-refractivity contribution in [2.24, 2.45) is 0 Å². The number of hydrogen-bond acceptors (Lipinski definition) is 4. The van der Waals surface area contributed by atoms with Crippen LogP contribution in [0.4, 0.5) is 0 Å². The monoisotopic (exact) mass is 326 g/mol. The van der Waals surface area contributed by atoms with Crippen LogP contribution in [0.25, 0.3) is 0 Å². The van der Waals surface area contributed by atoms with E-state index in [4.69, 9.17) is 5.11 Å². The van der Waals surface area contributed by atoms with Crippen molar-refractivity contribution in [1.82, 2.24) is 10.0 Å². The smallest absolute Gasteiger partial charge is 0.321 e. The van der Waals surface area contributed by atoms with E-state index in [0.717, 1.165) is 5.56 Å². The molecule has 7 nitrogen and oxygen atoms in total. The highest BCUT2D eigenvalue weighted by Crippen LogP contribution is 2.19. The van der Waals surface area contributed by atoms with E-state index < -0.39 is 22.0 Å². The van der Waals surface area contributed by atoms with E-state index in [9.17, 15) is 18.0 Å². The highest BCUT2D eigenvalue weighted by atomic mass is 32.2. The second-order valence-corrected chi connectivity index (χ2v) is 6.84. The highest BCUT2D eigenvalue weighted by Gasteiger charge is 2.26. The third kappa shape index (κ3) is 3.45. The number of carboxylic acid groups (broad SMARTS) is 1. The maximum absolute atomic E-state index is 12.3. The highest BCUT2D eigenvalue weighted by molar-refractivity contribution is 7.89. The minimum absolute atomic E-state index is 0.106. The summed E-state index contributed by atoms with van der Waals surface area (Å²) in [5.41, 5.74) is 1.10. The SMILES string of the molecule is CCCC(NS(=O)(=O)c1ccc2c(c1)C(=O)NCC2)C(=O)O. The van der Waals surface area contributed by atoms with Crippen LogP contribution in [0, 0.1) is 0 Å². The predicted octanol–water partition coefficient (Wildman–Crippen LogP) is 0.504. The molecule has 0 aliphatic carbocycles. The van der Waals surface area contributed by atoms with Crippen LogP contribution in [-0.2, 0) is 21.2 Å². The molecule has 0 fully saturated rings. The van der Waals surface area contributed by atoms with Crippen molar-refractivity contribution < 1.29 is 23.1 Å². The third-order valence-electron chi connectivity index (χ3n) is 3.49. The molecular weight excluding hydrogens is 308 g/mol. The van der Waals surface area contributed by atoms with E-state index in [1.165, 1.54) is 12.1 Å². The fourth-order valence-corrected chi connectivity index (χ4v) is 3.58. The van der Waals surface area contributed by atoms with Gasteiger partial charge in [-0.25, -0.2) is 8.42 Å². The number of amides is 1. The molecule has 120 valence electrons. The average Bonchev–Trinajstić information content (AvgIpc) is 2.46. The van der Waals surface area contributed by atoms with Crippen molar-refractivity contribution in [2.75, 3.05) is 6.54 Å². The molecule has 1 aromatic carbocycles. The first-order chi connectivity index (χ1) is 10.3. The number of rotatable bonds is 6. The van der Waals surface area contributed by atoms with Crippen molar-refractivity contribution in [3.05, 3.63) is 29.3 Å². The zero-order chi connectivity index (χ0) is 16.3. The Kier molecular flexibility index (Phi) is 4.82. The second kappa shape index (κ2) is 6.45. The van der Waals surface area contributed by atoms with E-state index in [1.807, 2.05) is 0 Å². The lowest BCUT2D eigenvalue weighted by molar-refractivity contribution is -0.139. The van der Waals surface area contributed by atoms with Crippen molar-refractivity contribution in [3.63, 3.8) is 0 Å². The standard InChI is InChI=1S/C14H18N2O5S/c1-2-3-12(14(18)19)16-22(20,21)10-5-4-9-6-7-15-13(17)11(9)8-10/h4-5,8,12,16H,2-3,6-7H2,1H3,(H,15,17)(H,18,19). The molecule has 0 saturated heterocycles. The summed E-state index contributed by atoms with van der Waals surface area (Å²) in [4.78, 5) is 22.8. The van der Waals surface area contributed by atoms with Gasteiger partial charge in [0.25, 0.3) is 5.91 Å². The van der Waals surface area contributed by atoms with Crippen molar-refractivity contribution in [3.8, 4) is 0 Å². The first-order valence-corrected chi connectivity index (χ1v) is 8.49. The van der Waals surface area contributed by atoms with Crippen LogP contribution in [0.5, 0.6) is 0 Å². The minimum atomic E-state index is -3.99. The number of nitrogens with one attached hydrogen (secondary N) is 2. The summed E-state index contributed by atoms with van der Waals surface area (Å²) in [5.74, 6) is -1.54. The molecule has 1 aliphatic heterocycles. The maximum Gasteiger partial charge on any atom is 0.321 e. The molecule has 0 aromatic heterocycles. The number of carbonyl (C=O) groups is 2. The van der Waals surface area contributed by atoms with Gasteiger partial charge in [-0.1, -0.05) is 19.4 Å². The van der Waals surface area contributed by atoms with Gasteiger partial charge in [-0.2, -0.15) is 4.72 Å². The first kappa shape index (κ1) is 16.4. The molecule has 1 heterocycles. The van der Waals surface area contributed by atoms with Crippen LogP contribution >= 0.6 is 0 Å². The molecule has 1 amide bonds. The molecule has 0 saturated carbocycles. The van der Waals surface area contributed by atoms with E-state index in [0.29, 0.717) is 24.9 Å². The van der Waals surface area contributed by atoms with Gasteiger partial charge >= 0.3 is 5.97 Å². The van der Waals surface area contributed by atoms with Gasteiger partial charge in [0.05, 0.1) is 4.90 Å². The number of aliphatic carboxylic acids is 1. The van der Waals surface area contributed by atoms with Crippen LogP contribution in [0.3, 0.4) is 0 Å². The Hall–Kier alpha value is -1.93. The Morgan fingerprint density at radius 1 is 1.45 bits per heavy atom. The number of benzene rings is 1. The van der Waals surface area contributed by atoms with E-state index in [1.54, 1.807) is 13.0 Å². The van der Waals surface area contributed by atoms with E-state index in [-0.39, 0.29) is 17.2 Å². The van der Waals surface area contributed by atoms with E-state index in [2.05, 4.69) is 10.0 Å².